The number of rotatable bonds is 2. The van der Waals surface area contributed by atoms with Crippen molar-refractivity contribution in [1.82, 2.24) is 9.38 Å². The summed E-state index contributed by atoms with van der Waals surface area (Å²) in [4.78, 5) is 17.7. The van der Waals surface area contributed by atoms with E-state index in [1.807, 2.05) is 13.0 Å². The fourth-order valence-corrected chi connectivity index (χ4v) is 4.31. The Balaban J connectivity index is 1.91. The third-order valence-electron chi connectivity index (χ3n) is 4.03. The van der Waals surface area contributed by atoms with Gasteiger partial charge in [0.15, 0.2) is 4.96 Å². The largest absolute Gasteiger partial charge is 0.291 e. The summed E-state index contributed by atoms with van der Waals surface area (Å²) in [5.74, 6) is 0. The minimum Gasteiger partial charge on any atom is -0.291 e. The third kappa shape index (κ3) is 1.79. The van der Waals surface area contributed by atoms with E-state index in [1.54, 1.807) is 23.5 Å². The van der Waals surface area contributed by atoms with Crippen molar-refractivity contribution in [2.24, 2.45) is 0 Å². The predicted octanol–water partition coefficient (Wildman–Crippen LogP) is 3.77. The number of aromatic nitrogens is 2. The van der Waals surface area contributed by atoms with Crippen molar-refractivity contribution < 1.29 is 4.92 Å². The van der Waals surface area contributed by atoms with E-state index in [4.69, 9.17) is 4.98 Å². The number of non-ortho nitro benzene ring substituents is 1. The normalized spacial score (nSPS) is 13.8. The Labute approximate surface area is 125 Å². The Morgan fingerprint density at radius 3 is 3.05 bits per heavy atom. The van der Waals surface area contributed by atoms with Gasteiger partial charge in [0.25, 0.3) is 5.69 Å². The molecule has 6 heteroatoms. The third-order valence-corrected chi connectivity index (χ3v) is 5.17. The molecule has 0 atom stereocenters. The lowest BCUT2D eigenvalue weighted by Crippen LogP contribution is -1.92. The number of benzene rings is 1. The smallest absolute Gasteiger partial charge is 0.270 e. The zero-order valence-electron chi connectivity index (χ0n) is 11.5. The Morgan fingerprint density at radius 1 is 1.38 bits per heavy atom. The molecule has 0 N–H and O–H groups in total. The quantitative estimate of drug-likeness (QED) is 0.534. The van der Waals surface area contributed by atoms with Crippen LogP contribution < -0.4 is 0 Å². The molecule has 0 bridgehead atoms. The van der Waals surface area contributed by atoms with Crippen LogP contribution in [0.2, 0.25) is 0 Å². The number of nitro groups is 1. The maximum Gasteiger partial charge on any atom is 0.270 e. The molecule has 0 radical (unpaired) electrons. The number of hydrogen-bond acceptors (Lipinski definition) is 4. The molecule has 1 aromatic carbocycles. The second-order valence-electron chi connectivity index (χ2n) is 5.30. The van der Waals surface area contributed by atoms with Gasteiger partial charge < -0.3 is 0 Å². The van der Waals surface area contributed by atoms with Gasteiger partial charge >= 0.3 is 0 Å². The maximum atomic E-state index is 10.9. The average Bonchev–Trinajstić information content (AvgIpc) is 3.11. The molecule has 21 heavy (non-hydrogen) atoms. The Kier molecular flexibility index (Phi) is 2.62. The van der Waals surface area contributed by atoms with Crippen molar-refractivity contribution in [3.8, 4) is 11.3 Å². The first-order chi connectivity index (χ1) is 10.1. The van der Waals surface area contributed by atoms with E-state index in [1.165, 1.54) is 23.1 Å². The van der Waals surface area contributed by atoms with E-state index in [2.05, 4.69) is 4.40 Å². The molecular weight excluding hydrogens is 286 g/mol. The summed E-state index contributed by atoms with van der Waals surface area (Å²) in [6, 6.07) is 6.70. The fraction of sp³-hybridized carbons (Fsp3) is 0.267. The molecule has 2 heterocycles. The monoisotopic (exact) mass is 299 g/mol. The van der Waals surface area contributed by atoms with Crippen LogP contribution >= 0.6 is 11.3 Å². The second-order valence-corrected chi connectivity index (χ2v) is 6.36. The zero-order chi connectivity index (χ0) is 14.6. The Morgan fingerprint density at radius 2 is 2.24 bits per heavy atom. The summed E-state index contributed by atoms with van der Waals surface area (Å²) in [5.41, 5.74) is 4.21. The standard InChI is InChI=1S/C15H13N3O2S/c1-9-14(10-4-2-5-11(8-10)18(19)20)16-15-17(9)12-6-3-7-13(12)21-15/h2,4-5,8H,3,6-7H2,1H3. The number of fused-ring (bicyclic) bond motifs is 3. The lowest BCUT2D eigenvalue weighted by Gasteiger charge is -2.01. The van der Waals surface area contributed by atoms with Gasteiger partial charge in [-0.25, -0.2) is 4.98 Å². The highest BCUT2D eigenvalue weighted by Crippen LogP contribution is 2.35. The molecule has 5 nitrogen and oxygen atoms in total. The molecule has 0 unspecified atom stereocenters. The first-order valence-electron chi connectivity index (χ1n) is 6.89. The molecule has 4 rings (SSSR count). The van der Waals surface area contributed by atoms with E-state index in [0.29, 0.717) is 0 Å². The highest BCUT2D eigenvalue weighted by atomic mass is 32.1. The number of imidazole rings is 1. The molecule has 0 aliphatic heterocycles. The lowest BCUT2D eigenvalue weighted by molar-refractivity contribution is -0.384. The maximum absolute atomic E-state index is 10.9. The van der Waals surface area contributed by atoms with Crippen molar-refractivity contribution in [2.45, 2.75) is 26.2 Å². The van der Waals surface area contributed by atoms with Gasteiger partial charge in [0.2, 0.25) is 0 Å². The molecule has 0 fully saturated rings. The summed E-state index contributed by atoms with van der Waals surface area (Å²) in [6.45, 7) is 2.04. The van der Waals surface area contributed by atoms with Crippen LogP contribution in [0.3, 0.4) is 0 Å². The van der Waals surface area contributed by atoms with Crippen LogP contribution in [-0.2, 0) is 12.8 Å². The number of hydrogen-bond donors (Lipinski definition) is 0. The lowest BCUT2D eigenvalue weighted by atomic mass is 10.1. The van der Waals surface area contributed by atoms with E-state index in [9.17, 15) is 10.1 Å². The van der Waals surface area contributed by atoms with Crippen molar-refractivity contribution in [1.29, 1.82) is 0 Å². The minimum absolute atomic E-state index is 0.105. The van der Waals surface area contributed by atoms with Gasteiger partial charge in [0, 0.05) is 34.0 Å². The summed E-state index contributed by atoms with van der Waals surface area (Å²) in [6.07, 6.45) is 3.46. The number of nitrogens with zero attached hydrogens (tertiary/aromatic N) is 3. The van der Waals surface area contributed by atoms with Crippen LogP contribution in [0.25, 0.3) is 16.2 Å². The molecule has 0 amide bonds. The van der Waals surface area contributed by atoms with Crippen molar-refractivity contribution in [3.05, 3.63) is 50.6 Å². The fourth-order valence-electron chi connectivity index (χ4n) is 3.06. The molecule has 1 aliphatic carbocycles. The van der Waals surface area contributed by atoms with Crippen molar-refractivity contribution >= 4 is 22.0 Å². The highest BCUT2D eigenvalue weighted by molar-refractivity contribution is 7.17. The summed E-state index contributed by atoms with van der Waals surface area (Å²) in [5, 5.41) is 10.9. The zero-order valence-corrected chi connectivity index (χ0v) is 12.3. The van der Waals surface area contributed by atoms with E-state index < -0.39 is 0 Å². The SMILES string of the molecule is Cc1c(-c2cccc([N+](=O)[O-])c2)nc2sc3c(n12)CCC3. The van der Waals surface area contributed by atoms with Gasteiger partial charge in [-0.1, -0.05) is 12.1 Å². The summed E-state index contributed by atoms with van der Waals surface area (Å²) < 4.78 is 2.22. The molecule has 0 saturated heterocycles. The number of thiazole rings is 1. The molecule has 106 valence electrons. The first-order valence-corrected chi connectivity index (χ1v) is 7.71. The average molecular weight is 299 g/mol. The van der Waals surface area contributed by atoms with Gasteiger partial charge in [-0.05, 0) is 26.2 Å². The molecule has 0 spiro atoms. The highest BCUT2D eigenvalue weighted by Gasteiger charge is 2.22. The van der Waals surface area contributed by atoms with E-state index >= 15 is 0 Å². The summed E-state index contributed by atoms with van der Waals surface area (Å²) in [7, 11) is 0. The van der Waals surface area contributed by atoms with Crippen LogP contribution in [-0.4, -0.2) is 14.3 Å². The number of nitro benzene ring substituents is 1. The van der Waals surface area contributed by atoms with Gasteiger partial charge in [-0.3, -0.25) is 14.5 Å². The first kappa shape index (κ1) is 12.5. The van der Waals surface area contributed by atoms with Crippen LogP contribution in [0.15, 0.2) is 24.3 Å². The van der Waals surface area contributed by atoms with Gasteiger partial charge in [-0.2, -0.15) is 0 Å². The van der Waals surface area contributed by atoms with Crippen molar-refractivity contribution in [3.63, 3.8) is 0 Å². The topological polar surface area (TPSA) is 60.4 Å². The Bertz CT molecular complexity index is 879. The predicted molar refractivity (Wildman–Crippen MR) is 81.9 cm³/mol. The van der Waals surface area contributed by atoms with E-state index in [0.717, 1.165) is 34.8 Å². The van der Waals surface area contributed by atoms with Gasteiger partial charge in [0.05, 0.1) is 10.6 Å². The van der Waals surface area contributed by atoms with Crippen LogP contribution in [0.5, 0.6) is 0 Å². The molecule has 1 aliphatic rings. The van der Waals surface area contributed by atoms with Crippen LogP contribution in [0.4, 0.5) is 5.69 Å². The van der Waals surface area contributed by atoms with Gasteiger partial charge in [0.1, 0.15) is 0 Å². The summed E-state index contributed by atoms with van der Waals surface area (Å²) >= 11 is 1.74. The molecule has 0 saturated carbocycles. The van der Waals surface area contributed by atoms with E-state index in [-0.39, 0.29) is 10.6 Å². The van der Waals surface area contributed by atoms with Crippen LogP contribution in [0.1, 0.15) is 22.7 Å². The Hall–Kier alpha value is -2.21. The van der Waals surface area contributed by atoms with Crippen molar-refractivity contribution in [2.75, 3.05) is 0 Å². The molecule has 3 aromatic rings. The minimum atomic E-state index is -0.366. The van der Waals surface area contributed by atoms with Gasteiger partial charge in [-0.15, -0.1) is 11.3 Å². The van der Waals surface area contributed by atoms with Crippen LogP contribution in [0, 0.1) is 17.0 Å². The molecule has 2 aromatic heterocycles. The second kappa shape index (κ2) is 4.39. The number of aryl methyl sites for hydroxylation is 3. The molecular formula is C15H13N3O2S.